The van der Waals surface area contributed by atoms with E-state index in [-0.39, 0.29) is 0 Å². The van der Waals surface area contributed by atoms with Crippen molar-refractivity contribution in [1.29, 1.82) is 0 Å². The van der Waals surface area contributed by atoms with Gasteiger partial charge in [-0.1, -0.05) is 20.8 Å². The van der Waals surface area contributed by atoms with Gasteiger partial charge in [0.05, 0.1) is 0 Å². The minimum absolute atomic E-state index is 0.525. The van der Waals surface area contributed by atoms with E-state index in [9.17, 15) is 0 Å². The van der Waals surface area contributed by atoms with E-state index in [1.165, 1.54) is 5.71 Å². The van der Waals surface area contributed by atoms with Crippen LogP contribution >= 0.6 is 0 Å². The van der Waals surface area contributed by atoms with Crippen LogP contribution in [0.25, 0.3) is 0 Å². The predicted octanol–water partition coefficient (Wildman–Crippen LogP) is 2.57. The zero-order valence-electron chi connectivity index (χ0n) is 9.45. The van der Waals surface area contributed by atoms with Gasteiger partial charge >= 0.3 is 0 Å². The molecule has 3 nitrogen and oxygen atoms in total. The van der Waals surface area contributed by atoms with Gasteiger partial charge in [0.15, 0.2) is 0 Å². The van der Waals surface area contributed by atoms with Crippen LogP contribution in [-0.4, -0.2) is 11.5 Å². The van der Waals surface area contributed by atoms with Crippen molar-refractivity contribution >= 4 is 11.5 Å². The lowest BCUT2D eigenvalue weighted by molar-refractivity contribution is 0.564. The number of hydrogen-bond acceptors (Lipinski definition) is 3. The topological polar surface area (TPSA) is 50.7 Å². The third-order valence-electron chi connectivity index (χ3n) is 3.06. The van der Waals surface area contributed by atoms with Gasteiger partial charge in [0.25, 0.3) is 0 Å². The van der Waals surface area contributed by atoms with Crippen molar-refractivity contribution in [1.82, 2.24) is 0 Å². The standard InChI is InChI=1S/C11H21N3/c1-4-8(5-2)11-9(6-3)7-10(12)13-14-11/h8-9H,4-7H2,1-3H3,(H2,12,13). The summed E-state index contributed by atoms with van der Waals surface area (Å²) in [6, 6.07) is 0. The molecule has 3 heteroatoms. The van der Waals surface area contributed by atoms with E-state index in [4.69, 9.17) is 5.73 Å². The van der Waals surface area contributed by atoms with Crippen molar-refractivity contribution in [3.63, 3.8) is 0 Å². The van der Waals surface area contributed by atoms with Crippen LogP contribution in [0.5, 0.6) is 0 Å². The average molecular weight is 195 g/mol. The zero-order chi connectivity index (χ0) is 10.6. The Morgan fingerprint density at radius 3 is 2.43 bits per heavy atom. The normalized spacial score (nSPS) is 22.1. The lowest BCUT2D eigenvalue weighted by Crippen LogP contribution is -2.30. The highest BCUT2D eigenvalue weighted by Gasteiger charge is 2.24. The minimum Gasteiger partial charge on any atom is -0.386 e. The molecule has 2 N–H and O–H groups in total. The van der Waals surface area contributed by atoms with E-state index in [2.05, 4.69) is 31.0 Å². The van der Waals surface area contributed by atoms with Gasteiger partial charge in [-0.2, -0.15) is 5.10 Å². The summed E-state index contributed by atoms with van der Waals surface area (Å²) in [6.07, 6.45) is 4.32. The Morgan fingerprint density at radius 1 is 1.29 bits per heavy atom. The molecule has 0 fully saturated rings. The first-order chi connectivity index (χ1) is 6.72. The molecule has 0 aliphatic carbocycles. The van der Waals surface area contributed by atoms with Crippen molar-refractivity contribution < 1.29 is 0 Å². The van der Waals surface area contributed by atoms with E-state index >= 15 is 0 Å². The predicted molar refractivity (Wildman–Crippen MR) is 61.5 cm³/mol. The summed E-state index contributed by atoms with van der Waals surface area (Å²) in [4.78, 5) is 0. The van der Waals surface area contributed by atoms with Crippen molar-refractivity contribution in [3.05, 3.63) is 0 Å². The molecule has 0 saturated carbocycles. The Hall–Kier alpha value is -0.860. The maximum atomic E-state index is 5.69. The second-order valence-electron chi connectivity index (χ2n) is 3.94. The third kappa shape index (κ3) is 2.34. The first kappa shape index (κ1) is 11.2. The zero-order valence-corrected chi connectivity index (χ0v) is 9.45. The van der Waals surface area contributed by atoms with Crippen molar-refractivity contribution in [2.24, 2.45) is 27.8 Å². The van der Waals surface area contributed by atoms with Crippen LogP contribution < -0.4 is 5.73 Å². The molecule has 0 saturated heterocycles. The molecular weight excluding hydrogens is 174 g/mol. The highest BCUT2D eigenvalue weighted by Crippen LogP contribution is 2.24. The maximum absolute atomic E-state index is 5.69. The molecule has 1 unspecified atom stereocenters. The second-order valence-corrected chi connectivity index (χ2v) is 3.94. The van der Waals surface area contributed by atoms with Gasteiger partial charge < -0.3 is 5.73 Å². The molecule has 0 aromatic rings. The molecular formula is C11H21N3. The summed E-state index contributed by atoms with van der Waals surface area (Å²) in [7, 11) is 0. The molecule has 1 aliphatic heterocycles. The van der Waals surface area contributed by atoms with Crippen LogP contribution in [0, 0.1) is 11.8 Å². The quantitative estimate of drug-likeness (QED) is 0.736. The van der Waals surface area contributed by atoms with Gasteiger partial charge in [-0.05, 0) is 25.2 Å². The fraction of sp³-hybridized carbons (Fsp3) is 0.818. The van der Waals surface area contributed by atoms with Crippen LogP contribution in [-0.2, 0) is 0 Å². The van der Waals surface area contributed by atoms with E-state index in [0.29, 0.717) is 17.7 Å². The maximum Gasteiger partial charge on any atom is 0.123 e. The summed E-state index contributed by atoms with van der Waals surface area (Å²) >= 11 is 0. The summed E-state index contributed by atoms with van der Waals surface area (Å²) in [5.41, 5.74) is 6.96. The average Bonchev–Trinajstić information content (AvgIpc) is 2.21. The van der Waals surface area contributed by atoms with Crippen LogP contribution in [0.3, 0.4) is 0 Å². The molecule has 0 aromatic carbocycles. The van der Waals surface area contributed by atoms with Crippen LogP contribution in [0.4, 0.5) is 0 Å². The Morgan fingerprint density at radius 2 is 1.93 bits per heavy atom. The van der Waals surface area contributed by atoms with E-state index in [1.54, 1.807) is 0 Å². The summed E-state index contributed by atoms with van der Waals surface area (Å²) in [5.74, 6) is 1.81. The monoisotopic (exact) mass is 195 g/mol. The molecule has 1 rings (SSSR count). The van der Waals surface area contributed by atoms with Crippen LogP contribution in [0.15, 0.2) is 10.2 Å². The molecule has 1 aliphatic rings. The summed E-state index contributed by atoms with van der Waals surface area (Å²) in [6.45, 7) is 6.62. The van der Waals surface area contributed by atoms with Gasteiger partial charge in [-0.15, -0.1) is 5.10 Å². The van der Waals surface area contributed by atoms with Crippen molar-refractivity contribution in [2.75, 3.05) is 0 Å². The fourth-order valence-corrected chi connectivity index (χ4v) is 2.08. The van der Waals surface area contributed by atoms with Gasteiger partial charge in [-0.25, -0.2) is 0 Å². The molecule has 1 atom stereocenters. The molecule has 0 radical (unpaired) electrons. The van der Waals surface area contributed by atoms with Gasteiger partial charge in [-0.3, -0.25) is 0 Å². The highest BCUT2D eigenvalue weighted by molar-refractivity contribution is 5.96. The molecule has 0 bridgehead atoms. The highest BCUT2D eigenvalue weighted by atomic mass is 15.2. The van der Waals surface area contributed by atoms with E-state index < -0.39 is 0 Å². The van der Waals surface area contributed by atoms with Gasteiger partial charge in [0.1, 0.15) is 5.84 Å². The van der Waals surface area contributed by atoms with Gasteiger partial charge in [0, 0.05) is 18.1 Å². The van der Waals surface area contributed by atoms with Crippen molar-refractivity contribution in [2.45, 2.75) is 46.5 Å². The largest absolute Gasteiger partial charge is 0.386 e. The Labute approximate surface area is 86.5 Å². The van der Waals surface area contributed by atoms with Crippen LogP contribution in [0.1, 0.15) is 46.5 Å². The fourth-order valence-electron chi connectivity index (χ4n) is 2.08. The third-order valence-corrected chi connectivity index (χ3v) is 3.06. The lowest BCUT2D eigenvalue weighted by Gasteiger charge is -2.25. The number of amidine groups is 1. The first-order valence-corrected chi connectivity index (χ1v) is 5.62. The Bertz CT molecular complexity index is 229. The SMILES string of the molecule is CCC(CC)C1=NN=C(N)CC1CC. The number of hydrogen-bond donors (Lipinski definition) is 1. The summed E-state index contributed by atoms with van der Waals surface area (Å²) < 4.78 is 0. The van der Waals surface area contributed by atoms with E-state index in [0.717, 1.165) is 25.7 Å². The molecule has 14 heavy (non-hydrogen) atoms. The molecule has 80 valence electrons. The molecule has 0 spiro atoms. The summed E-state index contributed by atoms with van der Waals surface area (Å²) in [5, 5.41) is 8.29. The Balaban J connectivity index is 2.82. The number of nitrogens with two attached hydrogens (primary N) is 1. The Kier molecular flexibility index (Phi) is 4.11. The van der Waals surface area contributed by atoms with E-state index in [1.807, 2.05) is 0 Å². The molecule has 1 heterocycles. The first-order valence-electron chi connectivity index (χ1n) is 5.62. The number of nitrogens with zero attached hydrogens (tertiary/aromatic N) is 2. The smallest absolute Gasteiger partial charge is 0.123 e. The molecule has 0 amide bonds. The molecule has 0 aromatic heterocycles. The minimum atomic E-state index is 0.525. The van der Waals surface area contributed by atoms with Crippen LogP contribution in [0.2, 0.25) is 0 Å². The van der Waals surface area contributed by atoms with Gasteiger partial charge in [0.2, 0.25) is 0 Å². The number of rotatable bonds is 4. The van der Waals surface area contributed by atoms with Crippen molar-refractivity contribution in [3.8, 4) is 0 Å². The second kappa shape index (κ2) is 5.13. The lowest BCUT2D eigenvalue weighted by atomic mass is 9.84.